The lowest BCUT2D eigenvalue weighted by molar-refractivity contribution is -0.660. The number of furan rings is 1. The van der Waals surface area contributed by atoms with Gasteiger partial charge in [-0.15, -0.1) is 0 Å². The Morgan fingerprint density at radius 3 is 2.52 bits per heavy atom. The molecule has 0 N–H and O–H groups in total. The molecule has 0 atom stereocenters. The maximum atomic E-state index is 7.20. The summed E-state index contributed by atoms with van der Waals surface area (Å²) < 4.78 is 8.33. The van der Waals surface area contributed by atoms with Crippen molar-refractivity contribution in [2.45, 2.75) is 26.6 Å². The normalized spacial score (nSPS) is 11.9. The van der Waals surface area contributed by atoms with Gasteiger partial charge in [-0.1, -0.05) is 49.4 Å². The van der Waals surface area contributed by atoms with Gasteiger partial charge >= 0.3 is 5.71 Å². The molecule has 0 unspecified atom stereocenters. The molecule has 0 saturated heterocycles. The molecule has 3 heterocycles. The van der Waals surface area contributed by atoms with Crippen LogP contribution in [0.15, 0.2) is 47.0 Å². The molecule has 134 valence electrons. The van der Waals surface area contributed by atoms with Crippen LogP contribution in [0.25, 0.3) is 38.2 Å². The Bertz CT molecular complexity index is 1240. The highest BCUT2D eigenvalue weighted by molar-refractivity contribution is 6.88. The van der Waals surface area contributed by atoms with Crippen LogP contribution in [0.1, 0.15) is 5.56 Å². The van der Waals surface area contributed by atoms with Gasteiger partial charge in [0.2, 0.25) is 5.69 Å². The van der Waals surface area contributed by atoms with E-state index in [-0.39, 0.29) is 0 Å². The van der Waals surface area contributed by atoms with Gasteiger partial charge in [0.25, 0.3) is 5.82 Å². The van der Waals surface area contributed by atoms with E-state index >= 15 is 0 Å². The number of hydrogen-bond acceptors (Lipinski definition) is 2. The summed E-state index contributed by atoms with van der Waals surface area (Å²) in [5.41, 5.74) is 4.76. The summed E-state index contributed by atoms with van der Waals surface area (Å²) in [6.45, 7) is 16.4. The highest BCUT2D eigenvalue weighted by atomic mass is 28.3. The molecule has 0 radical (unpaired) electrons. The summed E-state index contributed by atoms with van der Waals surface area (Å²) in [6, 6.07) is 12.4. The van der Waals surface area contributed by atoms with E-state index in [9.17, 15) is 0 Å². The van der Waals surface area contributed by atoms with Crippen molar-refractivity contribution in [2.75, 3.05) is 0 Å². The van der Waals surface area contributed by atoms with Gasteiger partial charge in [0.1, 0.15) is 7.05 Å². The lowest BCUT2D eigenvalue weighted by Gasteiger charge is -2.16. The fraction of sp³-hybridized carbons (Fsp3) is 0.227. The van der Waals surface area contributed by atoms with Gasteiger partial charge < -0.3 is 9.26 Å². The van der Waals surface area contributed by atoms with Crippen LogP contribution in [-0.2, 0) is 7.05 Å². The fourth-order valence-corrected chi connectivity index (χ4v) is 4.62. The molecule has 0 fully saturated rings. The summed E-state index contributed by atoms with van der Waals surface area (Å²) >= 11 is 0. The van der Waals surface area contributed by atoms with E-state index in [1.54, 1.807) is 6.07 Å². The lowest BCUT2D eigenvalue weighted by atomic mass is 10.0. The van der Waals surface area contributed by atoms with Gasteiger partial charge in [-0.3, -0.25) is 0 Å². The second kappa shape index (κ2) is 6.03. The van der Waals surface area contributed by atoms with Crippen LogP contribution in [0.2, 0.25) is 19.6 Å². The van der Waals surface area contributed by atoms with Gasteiger partial charge in [-0.2, -0.15) is 0 Å². The van der Waals surface area contributed by atoms with Gasteiger partial charge in [0.05, 0.1) is 19.0 Å². The molecule has 1 aromatic carbocycles. The van der Waals surface area contributed by atoms with Gasteiger partial charge in [0.15, 0.2) is 11.8 Å². The van der Waals surface area contributed by atoms with Gasteiger partial charge in [0, 0.05) is 17.5 Å². The second-order valence-electron chi connectivity index (χ2n) is 8.03. The van der Waals surface area contributed by atoms with Crippen molar-refractivity contribution >= 4 is 41.1 Å². The van der Waals surface area contributed by atoms with E-state index in [1.807, 2.05) is 6.07 Å². The average molecular weight is 373 g/mol. The van der Waals surface area contributed by atoms with Crippen molar-refractivity contribution in [3.8, 4) is 11.3 Å². The zero-order chi connectivity index (χ0) is 19.3. The van der Waals surface area contributed by atoms with Crippen molar-refractivity contribution in [3.05, 3.63) is 59.6 Å². The van der Waals surface area contributed by atoms with E-state index in [2.05, 4.69) is 78.5 Å². The van der Waals surface area contributed by atoms with Crippen LogP contribution >= 0.6 is 0 Å². The van der Waals surface area contributed by atoms with Crippen LogP contribution in [0.4, 0.5) is 5.82 Å². The molecule has 0 spiro atoms. The highest BCUT2D eigenvalue weighted by Gasteiger charge is 2.25. The Kier molecular flexibility index (Phi) is 3.90. The first-order valence-electron chi connectivity index (χ1n) is 9.00. The molecule has 5 heteroatoms. The number of rotatable bonds is 2. The number of aromatic nitrogens is 2. The molecule has 0 amide bonds. The van der Waals surface area contributed by atoms with E-state index in [1.165, 1.54) is 5.19 Å². The Morgan fingerprint density at radius 1 is 1.07 bits per heavy atom. The summed E-state index contributed by atoms with van der Waals surface area (Å²) in [5.74, 6) is 0.353. The van der Waals surface area contributed by atoms with Gasteiger partial charge in [-0.05, 0) is 23.7 Å². The zero-order valence-corrected chi connectivity index (χ0v) is 17.3. The number of aryl methyl sites for hydroxylation is 2. The summed E-state index contributed by atoms with van der Waals surface area (Å²) in [7, 11) is 0.630. The maximum absolute atomic E-state index is 7.20. The molecule has 4 aromatic rings. The van der Waals surface area contributed by atoms with E-state index in [4.69, 9.17) is 11.0 Å². The van der Waals surface area contributed by atoms with E-state index < -0.39 is 8.07 Å². The Morgan fingerprint density at radius 2 is 1.81 bits per heavy atom. The number of pyridine rings is 2. The molecule has 3 aromatic heterocycles. The predicted octanol–water partition coefficient (Wildman–Crippen LogP) is 4.88. The standard InChI is InChI=1S/C22H22N3OSi/c1-14-7-8-16-17-9-10-19(23-2)24-22(17)26-21(16)20(14)18-13-15(27(4,5)6)11-12-25(18)3/h7-13H,1,3-6H3/q+1. The van der Waals surface area contributed by atoms with Crippen molar-refractivity contribution < 1.29 is 8.98 Å². The van der Waals surface area contributed by atoms with Crippen molar-refractivity contribution in [1.82, 2.24) is 4.98 Å². The molecule has 0 aliphatic carbocycles. The van der Waals surface area contributed by atoms with Crippen LogP contribution in [0.3, 0.4) is 0 Å². The minimum absolute atomic E-state index is 0.353. The minimum Gasteiger partial charge on any atom is -0.419 e. The summed E-state index contributed by atoms with van der Waals surface area (Å²) in [6.07, 6.45) is 2.14. The molecule has 4 nitrogen and oxygen atoms in total. The molecule has 0 aliphatic heterocycles. The summed E-state index contributed by atoms with van der Waals surface area (Å²) in [5, 5.41) is 3.40. The van der Waals surface area contributed by atoms with E-state index in [0.717, 1.165) is 33.2 Å². The molecular weight excluding hydrogens is 350 g/mol. The topological polar surface area (TPSA) is 34.3 Å². The monoisotopic (exact) mass is 372 g/mol. The van der Waals surface area contributed by atoms with Crippen molar-refractivity contribution in [2.24, 2.45) is 7.05 Å². The average Bonchev–Trinajstić information content (AvgIpc) is 2.99. The second-order valence-corrected chi connectivity index (χ2v) is 13.1. The van der Waals surface area contributed by atoms with Crippen LogP contribution in [0.5, 0.6) is 0 Å². The number of hydrogen-bond donors (Lipinski definition) is 0. The maximum Gasteiger partial charge on any atom is 0.322 e. The third-order valence-corrected chi connectivity index (χ3v) is 7.13. The summed E-state index contributed by atoms with van der Waals surface area (Å²) in [4.78, 5) is 7.77. The van der Waals surface area contributed by atoms with Crippen LogP contribution in [0, 0.1) is 13.5 Å². The number of fused-ring (bicyclic) bond motifs is 3. The highest BCUT2D eigenvalue weighted by Crippen LogP contribution is 2.36. The molecule has 27 heavy (non-hydrogen) atoms. The predicted molar refractivity (Wildman–Crippen MR) is 112 cm³/mol. The molecular formula is C22H22N3OSi+. The quantitative estimate of drug-likeness (QED) is 0.286. The molecule has 0 bridgehead atoms. The molecule has 0 aliphatic rings. The van der Waals surface area contributed by atoms with Crippen LogP contribution in [-0.4, -0.2) is 13.1 Å². The first kappa shape index (κ1) is 17.4. The third-order valence-electron chi connectivity index (χ3n) is 5.09. The fourth-order valence-electron chi connectivity index (χ4n) is 3.47. The van der Waals surface area contributed by atoms with Gasteiger partial charge in [-0.25, -0.2) is 4.57 Å². The first-order chi connectivity index (χ1) is 12.8. The Balaban J connectivity index is 2.08. The number of nitrogens with zero attached hydrogens (tertiary/aromatic N) is 3. The van der Waals surface area contributed by atoms with Crippen molar-refractivity contribution in [1.29, 1.82) is 0 Å². The molecule has 4 rings (SSSR count). The first-order valence-corrected chi connectivity index (χ1v) is 12.5. The lowest BCUT2D eigenvalue weighted by Crippen LogP contribution is -2.42. The largest absolute Gasteiger partial charge is 0.419 e. The smallest absolute Gasteiger partial charge is 0.322 e. The van der Waals surface area contributed by atoms with Crippen LogP contribution < -0.4 is 9.75 Å². The third kappa shape index (κ3) is 2.83. The Hall–Kier alpha value is -2.97. The Labute approximate surface area is 159 Å². The minimum atomic E-state index is -1.44. The molecule has 0 saturated carbocycles. The SMILES string of the molecule is [C-]#[N+]c1ccc2c(n1)oc1c(-c3cc([Si](C)(C)C)cc[n+]3C)c(C)ccc12. The number of benzene rings is 1. The zero-order valence-electron chi connectivity index (χ0n) is 16.3. The van der Waals surface area contributed by atoms with E-state index in [0.29, 0.717) is 11.5 Å². The van der Waals surface area contributed by atoms with Crippen molar-refractivity contribution in [3.63, 3.8) is 0 Å².